The summed E-state index contributed by atoms with van der Waals surface area (Å²) in [5, 5.41) is 7.81. The molecule has 1 N–H and O–H groups in total. The molecule has 5 heteroatoms. The van der Waals surface area contributed by atoms with Gasteiger partial charge < -0.3 is 5.32 Å². The van der Waals surface area contributed by atoms with Gasteiger partial charge in [-0.15, -0.1) is 0 Å². The maximum absolute atomic E-state index is 13.2. The zero-order valence-corrected chi connectivity index (χ0v) is 11.9. The Hall–Kier alpha value is -2.33. The van der Waals surface area contributed by atoms with Crippen LogP contribution in [-0.4, -0.2) is 9.78 Å². The third kappa shape index (κ3) is 3.41. The quantitative estimate of drug-likeness (QED) is 0.779. The zero-order chi connectivity index (χ0) is 14.7. The van der Waals surface area contributed by atoms with Crippen LogP contribution in [0, 0.1) is 5.82 Å². The number of halogens is 2. The van der Waals surface area contributed by atoms with Gasteiger partial charge in [0.25, 0.3) is 0 Å². The number of hydrogen-bond acceptors (Lipinski definition) is 2. The largest absolute Gasteiger partial charge is 0.381 e. The number of benzene rings is 2. The molecule has 1 aromatic heterocycles. The van der Waals surface area contributed by atoms with Crippen LogP contribution < -0.4 is 5.32 Å². The molecule has 0 bridgehead atoms. The Kier molecular flexibility index (Phi) is 3.88. The Bertz CT molecular complexity index is 720. The fourth-order valence-corrected chi connectivity index (χ4v) is 2.26. The van der Waals surface area contributed by atoms with Crippen molar-refractivity contribution in [1.29, 1.82) is 0 Å². The van der Waals surface area contributed by atoms with Crippen molar-refractivity contribution >= 4 is 17.3 Å². The SMILES string of the molecule is Fc1cc(Cl)cc(NCc2cnn(-c3ccccc3)c2)c1. The van der Waals surface area contributed by atoms with Crippen molar-refractivity contribution in [3.8, 4) is 5.69 Å². The van der Waals surface area contributed by atoms with Crippen LogP contribution in [0.2, 0.25) is 5.02 Å². The first-order valence-corrected chi connectivity index (χ1v) is 6.87. The van der Waals surface area contributed by atoms with Crippen LogP contribution in [0.1, 0.15) is 5.56 Å². The topological polar surface area (TPSA) is 29.9 Å². The van der Waals surface area contributed by atoms with E-state index in [4.69, 9.17) is 11.6 Å². The molecule has 3 rings (SSSR count). The molecular weight excluding hydrogens is 289 g/mol. The van der Waals surface area contributed by atoms with Gasteiger partial charge in [-0.3, -0.25) is 0 Å². The molecule has 0 radical (unpaired) electrons. The Morgan fingerprint density at radius 1 is 1.14 bits per heavy atom. The number of nitrogens with one attached hydrogen (secondary N) is 1. The molecule has 0 amide bonds. The third-order valence-corrected chi connectivity index (χ3v) is 3.23. The van der Waals surface area contributed by atoms with Crippen molar-refractivity contribution in [2.24, 2.45) is 0 Å². The third-order valence-electron chi connectivity index (χ3n) is 3.02. The fourth-order valence-electron chi connectivity index (χ4n) is 2.03. The lowest BCUT2D eigenvalue weighted by molar-refractivity contribution is 0.628. The van der Waals surface area contributed by atoms with E-state index in [2.05, 4.69) is 10.4 Å². The van der Waals surface area contributed by atoms with Gasteiger partial charge in [0.05, 0.1) is 11.9 Å². The van der Waals surface area contributed by atoms with Crippen molar-refractivity contribution in [1.82, 2.24) is 9.78 Å². The Balaban J connectivity index is 1.70. The standard InChI is InChI=1S/C16H13ClFN3/c17-13-6-14(18)8-15(7-13)19-9-12-10-20-21(11-12)16-4-2-1-3-5-16/h1-8,10-11,19H,9H2. The van der Waals surface area contributed by atoms with E-state index < -0.39 is 0 Å². The molecule has 0 saturated heterocycles. The van der Waals surface area contributed by atoms with Crippen molar-refractivity contribution in [3.05, 3.63) is 77.3 Å². The summed E-state index contributed by atoms with van der Waals surface area (Å²) in [6, 6.07) is 14.2. The highest BCUT2D eigenvalue weighted by Gasteiger charge is 2.02. The molecule has 2 aromatic carbocycles. The zero-order valence-electron chi connectivity index (χ0n) is 11.1. The molecule has 0 aliphatic carbocycles. The normalized spacial score (nSPS) is 10.6. The van der Waals surface area contributed by atoms with E-state index in [1.54, 1.807) is 16.9 Å². The van der Waals surface area contributed by atoms with E-state index in [-0.39, 0.29) is 5.82 Å². The summed E-state index contributed by atoms with van der Waals surface area (Å²) in [6.07, 6.45) is 3.71. The second-order valence-electron chi connectivity index (χ2n) is 4.64. The first-order chi connectivity index (χ1) is 10.2. The molecule has 0 atom stereocenters. The smallest absolute Gasteiger partial charge is 0.126 e. The summed E-state index contributed by atoms with van der Waals surface area (Å²) >= 11 is 5.82. The molecule has 1 heterocycles. The first-order valence-electron chi connectivity index (χ1n) is 6.50. The molecule has 3 aromatic rings. The molecule has 0 fully saturated rings. The van der Waals surface area contributed by atoms with Crippen molar-refractivity contribution in [3.63, 3.8) is 0 Å². The summed E-state index contributed by atoms with van der Waals surface area (Å²) in [5.74, 6) is -0.356. The summed E-state index contributed by atoms with van der Waals surface area (Å²) in [4.78, 5) is 0. The lowest BCUT2D eigenvalue weighted by Gasteiger charge is -2.05. The second kappa shape index (κ2) is 5.97. The number of anilines is 1. The van der Waals surface area contributed by atoms with E-state index in [0.29, 0.717) is 17.3 Å². The molecule has 0 spiro atoms. The van der Waals surface area contributed by atoms with Crippen molar-refractivity contribution in [2.45, 2.75) is 6.54 Å². The highest BCUT2D eigenvalue weighted by molar-refractivity contribution is 6.30. The van der Waals surface area contributed by atoms with Crippen LogP contribution in [0.3, 0.4) is 0 Å². The molecule has 0 aliphatic heterocycles. The van der Waals surface area contributed by atoms with Crippen LogP contribution >= 0.6 is 11.6 Å². The van der Waals surface area contributed by atoms with Gasteiger partial charge in [0.1, 0.15) is 5.82 Å². The minimum absolute atomic E-state index is 0.356. The maximum atomic E-state index is 13.2. The molecule has 21 heavy (non-hydrogen) atoms. The van der Waals surface area contributed by atoms with Crippen LogP contribution in [0.4, 0.5) is 10.1 Å². The number of hydrogen-bond donors (Lipinski definition) is 1. The number of aromatic nitrogens is 2. The minimum atomic E-state index is -0.356. The van der Waals surface area contributed by atoms with Gasteiger partial charge in [0.15, 0.2) is 0 Å². The van der Waals surface area contributed by atoms with Crippen molar-refractivity contribution < 1.29 is 4.39 Å². The molecule has 0 unspecified atom stereocenters. The van der Waals surface area contributed by atoms with Gasteiger partial charge in [0, 0.05) is 29.0 Å². The first kappa shape index (κ1) is 13.6. The average Bonchev–Trinajstić information content (AvgIpc) is 2.94. The molecule has 3 nitrogen and oxygen atoms in total. The Labute approximate surface area is 127 Å². The van der Waals surface area contributed by atoms with E-state index in [0.717, 1.165) is 11.3 Å². The lowest BCUT2D eigenvalue weighted by Crippen LogP contribution is -1.99. The van der Waals surface area contributed by atoms with Crippen LogP contribution in [0.25, 0.3) is 5.69 Å². The molecule has 106 valence electrons. The highest BCUT2D eigenvalue weighted by Crippen LogP contribution is 2.18. The summed E-state index contributed by atoms with van der Waals surface area (Å²) in [6.45, 7) is 0.548. The Morgan fingerprint density at radius 3 is 2.71 bits per heavy atom. The van der Waals surface area contributed by atoms with Gasteiger partial charge in [0.2, 0.25) is 0 Å². The average molecular weight is 302 g/mol. The lowest BCUT2D eigenvalue weighted by atomic mass is 10.3. The van der Waals surface area contributed by atoms with Gasteiger partial charge >= 0.3 is 0 Å². The second-order valence-corrected chi connectivity index (χ2v) is 5.08. The highest BCUT2D eigenvalue weighted by atomic mass is 35.5. The van der Waals surface area contributed by atoms with Crippen molar-refractivity contribution in [2.75, 3.05) is 5.32 Å². The molecule has 0 aliphatic rings. The predicted molar refractivity (Wildman–Crippen MR) is 82.3 cm³/mol. The van der Waals surface area contributed by atoms with Gasteiger partial charge in [-0.1, -0.05) is 29.8 Å². The van der Waals surface area contributed by atoms with Gasteiger partial charge in [-0.05, 0) is 30.3 Å². The molecular formula is C16H13ClFN3. The molecule has 0 saturated carbocycles. The van der Waals surface area contributed by atoms with E-state index in [9.17, 15) is 4.39 Å². The van der Waals surface area contributed by atoms with Gasteiger partial charge in [-0.2, -0.15) is 5.10 Å². The van der Waals surface area contributed by atoms with Crippen LogP contribution in [-0.2, 0) is 6.54 Å². The Morgan fingerprint density at radius 2 is 1.95 bits per heavy atom. The number of para-hydroxylation sites is 1. The monoisotopic (exact) mass is 301 g/mol. The van der Waals surface area contributed by atoms with E-state index in [1.807, 2.05) is 36.5 Å². The van der Waals surface area contributed by atoms with Gasteiger partial charge in [-0.25, -0.2) is 9.07 Å². The van der Waals surface area contributed by atoms with Crippen LogP contribution in [0.15, 0.2) is 60.9 Å². The summed E-state index contributed by atoms with van der Waals surface area (Å²) in [5.41, 5.74) is 2.64. The van der Waals surface area contributed by atoms with E-state index >= 15 is 0 Å². The number of rotatable bonds is 4. The summed E-state index contributed by atoms with van der Waals surface area (Å²) < 4.78 is 15.0. The maximum Gasteiger partial charge on any atom is 0.126 e. The minimum Gasteiger partial charge on any atom is -0.381 e. The number of nitrogens with zero attached hydrogens (tertiary/aromatic N) is 2. The predicted octanol–water partition coefficient (Wildman–Crippen LogP) is 4.28. The van der Waals surface area contributed by atoms with Crippen LogP contribution in [0.5, 0.6) is 0 Å². The van der Waals surface area contributed by atoms with E-state index in [1.165, 1.54) is 12.1 Å². The fraction of sp³-hybridized carbons (Fsp3) is 0.0625. The summed E-state index contributed by atoms with van der Waals surface area (Å²) in [7, 11) is 0.